The van der Waals surface area contributed by atoms with Crippen molar-refractivity contribution in [1.82, 2.24) is 4.90 Å². The normalized spacial score (nSPS) is 15.9. The number of nitro benzene ring substituents is 1. The van der Waals surface area contributed by atoms with E-state index in [9.17, 15) is 24.5 Å². The first-order chi connectivity index (χ1) is 15.0. The molecule has 2 heterocycles. The maximum Gasteiger partial charge on any atom is 0.270 e. The molecule has 0 N–H and O–H groups in total. The summed E-state index contributed by atoms with van der Waals surface area (Å²) in [5, 5.41) is 11.1. The van der Waals surface area contributed by atoms with Gasteiger partial charge in [0.1, 0.15) is 11.8 Å². The minimum Gasteiger partial charge on any atom is -0.467 e. The highest BCUT2D eigenvalue weighted by Crippen LogP contribution is 2.28. The number of hydrogen-bond donors (Lipinski definition) is 0. The quantitative estimate of drug-likeness (QED) is 0.344. The molecule has 0 saturated carbocycles. The maximum atomic E-state index is 13.3. The number of nitrogens with zero attached hydrogens (tertiary/aromatic N) is 3. The molecule has 1 aromatic heterocycles. The lowest BCUT2D eigenvalue weighted by Crippen LogP contribution is -2.45. The third kappa shape index (κ3) is 3.93. The molecular weight excluding hydrogens is 402 g/mol. The van der Waals surface area contributed by atoms with Crippen LogP contribution in [0.2, 0.25) is 0 Å². The zero-order chi connectivity index (χ0) is 22.0. The lowest BCUT2D eigenvalue weighted by molar-refractivity contribution is -0.384. The lowest BCUT2D eigenvalue weighted by Gasteiger charge is -2.27. The van der Waals surface area contributed by atoms with Crippen LogP contribution in [0, 0.1) is 10.1 Å². The Morgan fingerprint density at radius 1 is 1.10 bits per heavy atom. The first-order valence-electron chi connectivity index (χ1n) is 9.45. The van der Waals surface area contributed by atoms with Gasteiger partial charge in [-0.2, -0.15) is 0 Å². The molecule has 1 aliphatic rings. The second-order valence-electron chi connectivity index (χ2n) is 6.94. The van der Waals surface area contributed by atoms with Crippen LogP contribution in [0.4, 0.5) is 11.4 Å². The molecule has 3 aromatic rings. The van der Waals surface area contributed by atoms with E-state index in [1.165, 1.54) is 29.4 Å². The lowest BCUT2D eigenvalue weighted by atomic mass is 10.1. The molecule has 4 rings (SSSR count). The summed E-state index contributed by atoms with van der Waals surface area (Å²) < 4.78 is 5.33. The van der Waals surface area contributed by atoms with Crippen LogP contribution < -0.4 is 4.90 Å². The Balaban J connectivity index is 1.69. The average Bonchev–Trinajstić information content (AvgIpc) is 3.39. The number of non-ortho nitro benzene ring substituents is 1. The molecule has 1 unspecified atom stereocenters. The van der Waals surface area contributed by atoms with Crippen molar-refractivity contribution in [3.8, 4) is 0 Å². The van der Waals surface area contributed by atoms with Crippen LogP contribution in [-0.2, 0) is 16.1 Å². The topological polar surface area (TPSA) is 114 Å². The standard InChI is InChI=1S/C22H17N3O6/c26-20-13-19(22(28)24(20)16-7-2-1-3-8-16)23(14-18-10-5-11-31-18)21(27)15-6-4-9-17(12-15)25(29)30/h1-12,19H,13-14H2. The van der Waals surface area contributed by atoms with E-state index in [1.807, 2.05) is 0 Å². The number of imide groups is 1. The molecule has 156 valence electrons. The molecule has 1 aliphatic heterocycles. The summed E-state index contributed by atoms with van der Waals surface area (Å²) >= 11 is 0. The third-order valence-electron chi connectivity index (χ3n) is 4.98. The van der Waals surface area contributed by atoms with Crippen molar-refractivity contribution in [2.24, 2.45) is 0 Å². The molecule has 2 aromatic carbocycles. The Morgan fingerprint density at radius 3 is 2.55 bits per heavy atom. The van der Waals surface area contributed by atoms with Crippen LogP contribution in [0.5, 0.6) is 0 Å². The first kappa shape index (κ1) is 20.0. The maximum absolute atomic E-state index is 13.3. The van der Waals surface area contributed by atoms with Crippen LogP contribution in [0.25, 0.3) is 0 Å². The summed E-state index contributed by atoms with van der Waals surface area (Å²) in [5.41, 5.74) is 0.212. The van der Waals surface area contributed by atoms with Gasteiger partial charge < -0.3 is 9.32 Å². The highest BCUT2D eigenvalue weighted by Gasteiger charge is 2.44. The number of hydrogen-bond acceptors (Lipinski definition) is 6. The van der Waals surface area contributed by atoms with Gasteiger partial charge in [0.15, 0.2) is 0 Å². The summed E-state index contributed by atoms with van der Waals surface area (Å²) in [4.78, 5) is 51.9. The summed E-state index contributed by atoms with van der Waals surface area (Å²) in [6.07, 6.45) is 1.23. The van der Waals surface area contributed by atoms with Crippen LogP contribution in [0.3, 0.4) is 0 Å². The number of benzene rings is 2. The van der Waals surface area contributed by atoms with E-state index in [4.69, 9.17) is 4.42 Å². The number of carbonyl (C=O) groups excluding carboxylic acids is 3. The van der Waals surface area contributed by atoms with E-state index in [-0.39, 0.29) is 24.2 Å². The minimum atomic E-state index is -1.07. The summed E-state index contributed by atoms with van der Waals surface area (Å²) in [7, 11) is 0. The van der Waals surface area contributed by atoms with Gasteiger partial charge in [-0.3, -0.25) is 24.5 Å². The number of nitro groups is 1. The van der Waals surface area contributed by atoms with Crippen molar-refractivity contribution in [3.63, 3.8) is 0 Å². The summed E-state index contributed by atoms with van der Waals surface area (Å²) in [5.74, 6) is -1.17. The smallest absolute Gasteiger partial charge is 0.270 e. The number of furan rings is 1. The second kappa shape index (κ2) is 8.23. The zero-order valence-electron chi connectivity index (χ0n) is 16.2. The third-order valence-corrected chi connectivity index (χ3v) is 4.98. The highest BCUT2D eigenvalue weighted by molar-refractivity contribution is 6.23. The predicted molar refractivity (Wildman–Crippen MR) is 109 cm³/mol. The van der Waals surface area contributed by atoms with Gasteiger partial charge in [-0.25, -0.2) is 4.90 Å². The van der Waals surface area contributed by atoms with Gasteiger partial charge in [0.05, 0.1) is 29.8 Å². The van der Waals surface area contributed by atoms with Crippen molar-refractivity contribution in [3.05, 3.63) is 94.4 Å². The van der Waals surface area contributed by atoms with Crippen molar-refractivity contribution in [1.29, 1.82) is 0 Å². The fourth-order valence-corrected chi connectivity index (χ4v) is 3.52. The van der Waals surface area contributed by atoms with E-state index in [0.29, 0.717) is 11.4 Å². The van der Waals surface area contributed by atoms with Crippen LogP contribution in [0.15, 0.2) is 77.4 Å². The summed E-state index contributed by atoms with van der Waals surface area (Å²) in [6, 6.07) is 15.9. The summed E-state index contributed by atoms with van der Waals surface area (Å²) in [6.45, 7) is -0.0686. The molecule has 9 nitrogen and oxygen atoms in total. The van der Waals surface area contributed by atoms with Gasteiger partial charge in [0.25, 0.3) is 17.5 Å². The van der Waals surface area contributed by atoms with Crippen molar-refractivity contribution in [2.75, 3.05) is 4.90 Å². The minimum absolute atomic E-state index is 0.0409. The van der Waals surface area contributed by atoms with Crippen LogP contribution in [0.1, 0.15) is 22.5 Å². The van der Waals surface area contributed by atoms with Crippen molar-refractivity contribution >= 4 is 29.1 Å². The molecule has 3 amide bonds. The molecule has 1 atom stereocenters. The van der Waals surface area contributed by atoms with Gasteiger partial charge in [-0.1, -0.05) is 24.3 Å². The van der Waals surface area contributed by atoms with Gasteiger partial charge in [-0.05, 0) is 30.3 Å². The number of amides is 3. The van der Waals surface area contributed by atoms with E-state index in [2.05, 4.69) is 0 Å². The molecule has 1 fully saturated rings. The van der Waals surface area contributed by atoms with Crippen LogP contribution >= 0.6 is 0 Å². The van der Waals surface area contributed by atoms with Gasteiger partial charge in [-0.15, -0.1) is 0 Å². The monoisotopic (exact) mass is 419 g/mol. The van der Waals surface area contributed by atoms with E-state index in [0.717, 1.165) is 11.0 Å². The van der Waals surface area contributed by atoms with E-state index < -0.39 is 28.7 Å². The Morgan fingerprint density at radius 2 is 1.87 bits per heavy atom. The molecule has 1 saturated heterocycles. The number of rotatable bonds is 6. The predicted octanol–water partition coefficient (Wildman–Crippen LogP) is 3.16. The zero-order valence-corrected chi connectivity index (χ0v) is 16.2. The highest BCUT2D eigenvalue weighted by atomic mass is 16.6. The Kier molecular flexibility index (Phi) is 5.31. The molecule has 0 radical (unpaired) electrons. The van der Waals surface area contributed by atoms with Gasteiger partial charge in [0, 0.05) is 17.7 Å². The molecule has 0 spiro atoms. The molecule has 9 heteroatoms. The second-order valence-corrected chi connectivity index (χ2v) is 6.94. The largest absolute Gasteiger partial charge is 0.467 e. The fourth-order valence-electron chi connectivity index (χ4n) is 3.52. The molecule has 0 aliphatic carbocycles. The average molecular weight is 419 g/mol. The molecule has 0 bridgehead atoms. The van der Waals surface area contributed by atoms with Crippen LogP contribution in [-0.4, -0.2) is 33.6 Å². The first-order valence-corrected chi connectivity index (χ1v) is 9.45. The number of anilines is 1. The number of para-hydroxylation sites is 1. The Hall–Kier alpha value is -4.27. The number of carbonyl (C=O) groups is 3. The molecular formula is C22H17N3O6. The SMILES string of the molecule is O=C1CC(N(Cc2ccco2)C(=O)c2cccc([N+](=O)[O-])c2)C(=O)N1c1ccccc1. The van der Waals surface area contributed by atoms with E-state index in [1.54, 1.807) is 42.5 Å². The fraction of sp³-hybridized carbons (Fsp3) is 0.136. The van der Waals surface area contributed by atoms with Crippen molar-refractivity contribution < 1.29 is 23.7 Å². The van der Waals surface area contributed by atoms with Gasteiger partial charge in [0.2, 0.25) is 5.91 Å². The Labute approximate surface area is 176 Å². The van der Waals surface area contributed by atoms with Crippen molar-refractivity contribution in [2.45, 2.75) is 19.0 Å². The molecule has 31 heavy (non-hydrogen) atoms. The van der Waals surface area contributed by atoms with Gasteiger partial charge >= 0.3 is 0 Å². The Bertz CT molecular complexity index is 1140. The van der Waals surface area contributed by atoms with E-state index >= 15 is 0 Å².